The minimum Gasteiger partial charge on any atom is -0.399 e. The normalized spacial score (nSPS) is 26.2. The van der Waals surface area contributed by atoms with Crippen LogP contribution in [0.4, 0.5) is 5.69 Å². The Morgan fingerprint density at radius 3 is 2.31 bits per heavy atom. The number of aliphatic imine (C=N–C) groups is 1. The summed E-state index contributed by atoms with van der Waals surface area (Å²) in [5, 5.41) is 3.05. The molecule has 1 aliphatic carbocycles. The average Bonchev–Trinajstić information content (AvgIpc) is 3.03. The van der Waals surface area contributed by atoms with Crippen LogP contribution in [0.15, 0.2) is 17.1 Å². The lowest BCUT2D eigenvalue weighted by Crippen LogP contribution is -2.51. The number of hydrogen-bond acceptors (Lipinski definition) is 5. The molecule has 1 aromatic carbocycles. The summed E-state index contributed by atoms with van der Waals surface area (Å²) in [7, 11) is -3.41. The van der Waals surface area contributed by atoms with Crippen LogP contribution in [-0.2, 0) is 21.2 Å². The van der Waals surface area contributed by atoms with Crippen LogP contribution in [0, 0.1) is 25.7 Å². The molecule has 7 nitrogen and oxygen atoms in total. The van der Waals surface area contributed by atoms with Gasteiger partial charge in [-0.3, -0.25) is 9.79 Å². The van der Waals surface area contributed by atoms with Gasteiger partial charge in [0.15, 0.2) is 0 Å². The molecule has 1 saturated carbocycles. The molecule has 1 saturated heterocycles. The molecule has 1 spiro atoms. The number of rotatable bonds is 5. The van der Waals surface area contributed by atoms with Crippen molar-refractivity contribution in [2.45, 2.75) is 71.3 Å². The molecule has 176 valence electrons. The van der Waals surface area contributed by atoms with Gasteiger partial charge in [0, 0.05) is 24.7 Å². The van der Waals surface area contributed by atoms with E-state index in [2.05, 4.69) is 12.2 Å². The van der Waals surface area contributed by atoms with Gasteiger partial charge in [-0.1, -0.05) is 19.8 Å². The van der Waals surface area contributed by atoms with Crippen LogP contribution in [0.2, 0.25) is 0 Å². The van der Waals surface area contributed by atoms with E-state index in [0.717, 1.165) is 41.3 Å². The van der Waals surface area contributed by atoms with Crippen LogP contribution in [0.5, 0.6) is 0 Å². The summed E-state index contributed by atoms with van der Waals surface area (Å²) in [6, 6.07) is 3.78. The van der Waals surface area contributed by atoms with Gasteiger partial charge in [0.25, 0.3) is 5.91 Å². The van der Waals surface area contributed by atoms with E-state index in [9.17, 15) is 13.2 Å². The van der Waals surface area contributed by atoms with Gasteiger partial charge in [0.1, 0.15) is 11.4 Å². The lowest BCUT2D eigenvalue weighted by Gasteiger charge is -2.34. The number of aryl methyl sites for hydroxylation is 2. The van der Waals surface area contributed by atoms with Gasteiger partial charge in [0.05, 0.1) is 5.75 Å². The first kappa shape index (κ1) is 23.2. The number of nitrogens with two attached hydrogens (primary N) is 1. The van der Waals surface area contributed by atoms with Gasteiger partial charge in [0.2, 0.25) is 10.0 Å². The summed E-state index contributed by atoms with van der Waals surface area (Å²) in [6.45, 7) is 6.90. The smallest absolute Gasteiger partial charge is 0.253 e. The first-order chi connectivity index (χ1) is 15.1. The van der Waals surface area contributed by atoms with E-state index in [0.29, 0.717) is 44.0 Å². The van der Waals surface area contributed by atoms with Crippen molar-refractivity contribution in [3.8, 4) is 0 Å². The van der Waals surface area contributed by atoms with Gasteiger partial charge in [-0.25, -0.2) is 12.7 Å². The van der Waals surface area contributed by atoms with Crippen LogP contribution in [0.3, 0.4) is 0 Å². The highest BCUT2D eigenvalue weighted by molar-refractivity contribution is 7.89. The topological polar surface area (TPSA) is 105 Å². The number of anilines is 1. The molecule has 3 aliphatic rings. The third-order valence-corrected chi connectivity index (χ3v) is 9.54. The summed E-state index contributed by atoms with van der Waals surface area (Å²) in [4.78, 5) is 17.7. The van der Waals surface area contributed by atoms with Crippen molar-refractivity contribution in [3.05, 3.63) is 28.8 Å². The molecule has 1 amide bonds. The number of hydrogen-bond donors (Lipinski definition) is 2. The highest BCUT2D eigenvalue weighted by Crippen LogP contribution is 2.36. The molecule has 0 bridgehead atoms. The Balaban J connectivity index is 1.39. The van der Waals surface area contributed by atoms with Crippen molar-refractivity contribution in [1.29, 1.82) is 0 Å². The van der Waals surface area contributed by atoms with Crippen molar-refractivity contribution in [2.75, 3.05) is 24.6 Å². The number of amides is 1. The molecule has 4 rings (SSSR count). The minimum atomic E-state index is -3.41. The van der Waals surface area contributed by atoms with Gasteiger partial charge in [-0.15, -0.1) is 0 Å². The molecule has 0 aromatic heterocycles. The van der Waals surface area contributed by atoms with Gasteiger partial charge in [-0.2, -0.15) is 0 Å². The maximum atomic E-state index is 13.0. The second-order valence-electron chi connectivity index (χ2n) is 10.0. The van der Waals surface area contributed by atoms with Crippen molar-refractivity contribution < 1.29 is 13.2 Å². The molecule has 2 aliphatic heterocycles. The summed E-state index contributed by atoms with van der Waals surface area (Å²) in [5.41, 5.74) is 8.90. The number of piperidine rings is 1. The zero-order valence-corrected chi connectivity index (χ0v) is 20.3. The van der Waals surface area contributed by atoms with E-state index in [1.54, 1.807) is 4.31 Å². The number of nitrogen functional groups attached to an aromatic ring is 1. The molecule has 2 fully saturated rings. The van der Waals surface area contributed by atoms with Crippen LogP contribution >= 0.6 is 0 Å². The molecule has 0 unspecified atom stereocenters. The first-order valence-electron chi connectivity index (χ1n) is 11.8. The predicted octanol–water partition coefficient (Wildman–Crippen LogP) is 2.95. The first-order valence-corrected chi connectivity index (χ1v) is 13.5. The second kappa shape index (κ2) is 8.78. The SMILES string of the molecule is Cc1cc(N)cc(C)c1CCS(=O)(=O)N1CCC2(CC1)N=C(C1CCC(C)CC1)NC2=O. The Hall–Kier alpha value is -1.93. The number of benzene rings is 1. The zero-order valence-electron chi connectivity index (χ0n) is 19.5. The monoisotopic (exact) mass is 460 g/mol. The zero-order chi connectivity index (χ0) is 23.1. The van der Waals surface area contributed by atoms with E-state index in [1.807, 2.05) is 26.0 Å². The van der Waals surface area contributed by atoms with E-state index < -0.39 is 15.6 Å². The van der Waals surface area contributed by atoms with E-state index in [4.69, 9.17) is 10.7 Å². The Labute approximate surface area is 191 Å². The number of carbonyl (C=O) groups is 1. The molecule has 0 radical (unpaired) electrons. The number of nitrogens with zero attached hydrogens (tertiary/aromatic N) is 2. The third kappa shape index (κ3) is 4.57. The van der Waals surface area contributed by atoms with E-state index in [-0.39, 0.29) is 11.7 Å². The van der Waals surface area contributed by atoms with Gasteiger partial charge < -0.3 is 11.1 Å². The summed E-state index contributed by atoms with van der Waals surface area (Å²) in [5.74, 6) is 1.94. The Morgan fingerprint density at radius 1 is 1.12 bits per heavy atom. The summed E-state index contributed by atoms with van der Waals surface area (Å²) < 4.78 is 27.6. The molecule has 2 heterocycles. The molecule has 32 heavy (non-hydrogen) atoms. The molecular weight excluding hydrogens is 424 g/mol. The fourth-order valence-corrected chi connectivity index (χ4v) is 6.98. The van der Waals surface area contributed by atoms with Crippen LogP contribution < -0.4 is 11.1 Å². The fraction of sp³-hybridized carbons (Fsp3) is 0.667. The standard InChI is InChI=1S/C24H36N4O3S/c1-16-4-6-19(7-5-16)22-26-23(29)24(27-22)9-11-28(12-10-24)32(30,31)13-8-21-17(2)14-20(25)15-18(21)3/h14-16,19H,4-13,25H2,1-3H3,(H,26,27,29). The Kier molecular flexibility index (Phi) is 6.38. The maximum absolute atomic E-state index is 13.0. The van der Waals surface area contributed by atoms with E-state index >= 15 is 0 Å². The van der Waals surface area contributed by atoms with E-state index in [1.165, 1.54) is 12.8 Å². The van der Waals surface area contributed by atoms with Crippen molar-refractivity contribution >= 4 is 27.5 Å². The number of sulfonamides is 1. The number of carbonyl (C=O) groups excluding carboxylic acids is 1. The quantitative estimate of drug-likeness (QED) is 0.659. The third-order valence-electron chi connectivity index (χ3n) is 7.67. The van der Waals surface area contributed by atoms with Crippen LogP contribution in [0.25, 0.3) is 0 Å². The van der Waals surface area contributed by atoms with Crippen LogP contribution in [0.1, 0.15) is 62.1 Å². The molecule has 0 atom stereocenters. The fourth-order valence-electron chi connectivity index (χ4n) is 5.52. The molecular formula is C24H36N4O3S. The highest BCUT2D eigenvalue weighted by Gasteiger charge is 2.48. The molecule has 8 heteroatoms. The lowest BCUT2D eigenvalue weighted by atomic mass is 9.82. The predicted molar refractivity (Wildman–Crippen MR) is 128 cm³/mol. The number of nitrogens with one attached hydrogen (secondary N) is 1. The lowest BCUT2D eigenvalue weighted by molar-refractivity contribution is -0.125. The summed E-state index contributed by atoms with van der Waals surface area (Å²) >= 11 is 0. The van der Waals surface area contributed by atoms with Gasteiger partial charge >= 0.3 is 0 Å². The Morgan fingerprint density at radius 2 is 1.72 bits per heavy atom. The second-order valence-corrected chi connectivity index (χ2v) is 12.1. The van der Waals surface area contributed by atoms with Crippen LogP contribution in [-0.4, -0.2) is 48.8 Å². The van der Waals surface area contributed by atoms with Crippen molar-refractivity contribution in [3.63, 3.8) is 0 Å². The Bertz CT molecular complexity index is 995. The largest absolute Gasteiger partial charge is 0.399 e. The van der Waals surface area contributed by atoms with Gasteiger partial charge in [-0.05, 0) is 80.7 Å². The minimum absolute atomic E-state index is 0.0451. The van der Waals surface area contributed by atoms with Crippen molar-refractivity contribution in [2.24, 2.45) is 16.8 Å². The molecule has 1 aromatic rings. The maximum Gasteiger partial charge on any atom is 0.253 e. The summed E-state index contributed by atoms with van der Waals surface area (Å²) in [6.07, 6.45) is 5.85. The number of amidine groups is 1. The van der Waals surface area contributed by atoms with Crippen molar-refractivity contribution in [1.82, 2.24) is 9.62 Å². The molecule has 3 N–H and O–H groups in total. The average molecular weight is 461 g/mol. The highest BCUT2D eigenvalue weighted by atomic mass is 32.2.